The van der Waals surface area contributed by atoms with E-state index in [9.17, 15) is 0 Å². The van der Waals surface area contributed by atoms with E-state index in [2.05, 4.69) is 44.1 Å². The van der Waals surface area contributed by atoms with Gasteiger partial charge in [0.1, 0.15) is 0 Å². The lowest BCUT2D eigenvalue weighted by Gasteiger charge is -2.24. The highest BCUT2D eigenvalue weighted by molar-refractivity contribution is 7.16. The minimum atomic E-state index is 0.537. The second-order valence-electron chi connectivity index (χ2n) is 5.02. The molecule has 1 unspecified atom stereocenters. The van der Waals surface area contributed by atoms with Crippen molar-refractivity contribution in [3.05, 3.63) is 21.3 Å². The van der Waals surface area contributed by atoms with Gasteiger partial charge in [0.15, 0.2) is 0 Å². The van der Waals surface area contributed by atoms with Crippen LogP contribution in [0.2, 0.25) is 4.34 Å². The zero-order valence-electron chi connectivity index (χ0n) is 11.2. The summed E-state index contributed by atoms with van der Waals surface area (Å²) in [5.41, 5.74) is 0. The Morgan fingerprint density at radius 2 is 2.00 bits per heavy atom. The zero-order chi connectivity index (χ0) is 12.8. The van der Waals surface area contributed by atoms with Crippen LogP contribution in [0.3, 0.4) is 0 Å². The third kappa shape index (κ3) is 5.87. The van der Waals surface area contributed by atoms with Gasteiger partial charge in [-0.15, -0.1) is 11.3 Å². The molecule has 1 N–H and O–H groups in total. The molecule has 0 amide bonds. The molecule has 1 heterocycles. The largest absolute Gasteiger partial charge is 0.315 e. The van der Waals surface area contributed by atoms with Crippen molar-refractivity contribution < 1.29 is 0 Å². The van der Waals surface area contributed by atoms with E-state index >= 15 is 0 Å². The molecule has 0 fully saturated rings. The van der Waals surface area contributed by atoms with Gasteiger partial charge in [-0.25, -0.2) is 0 Å². The number of hydrogen-bond acceptors (Lipinski definition) is 3. The van der Waals surface area contributed by atoms with Crippen molar-refractivity contribution in [3.8, 4) is 0 Å². The maximum atomic E-state index is 5.93. The van der Waals surface area contributed by atoms with Crippen LogP contribution in [-0.2, 0) is 6.54 Å². The molecule has 0 saturated carbocycles. The van der Waals surface area contributed by atoms with E-state index in [1.54, 1.807) is 11.3 Å². The summed E-state index contributed by atoms with van der Waals surface area (Å²) in [6.07, 6.45) is 0. The fourth-order valence-corrected chi connectivity index (χ4v) is 2.73. The molecular weight excluding hydrogens is 252 g/mol. The maximum absolute atomic E-state index is 5.93. The Balaban J connectivity index is 2.29. The van der Waals surface area contributed by atoms with E-state index in [-0.39, 0.29) is 0 Å². The molecule has 1 atom stereocenters. The monoisotopic (exact) mass is 274 g/mol. The smallest absolute Gasteiger partial charge is 0.0931 e. The lowest BCUT2D eigenvalue weighted by molar-refractivity contribution is 0.243. The van der Waals surface area contributed by atoms with Gasteiger partial charge in [0.25, 0.3) is 0 Å². The number of thiophene rings is 1. The van der Waals surface area contributed by atoms with Gasteiger partial charge in [-0.05, 0) is 38.6 Å². The Morgan fingerprint density at radius 1 is 1.29 bits per heavy atom. The molecule has 1 aromatic heterocycles. The Labute approximate surface area is 114 Å². The normalized spacial score (nSPS) is 13.6. The first-order valence-corrected chi connectivity index (χ1v) is 7.33. The summed E-state index contributed by atoms with van der Waals surface area (Å²) in [6, 6.07) is 4.61. The van der Waals surface area contributed by atoms with Gasteiger partial charge in [0.2, 0.25) is 0 Å². The molecule has 1 rings (SSSR count). The summed E-state index contributed by atoms with van der Waals surface area (Å²) >= 11 is 7.60. The van der Waals surface area contributed by atoms with Crippen LogP contribution in [0.1, 0.15) is 25.6 Å². The SMILES string of the molecule is CC(C)CNCC(C)N(C)Cc1ccc(Cl)s1. The topological polar surface area (TPSA) is 15.3 Å². The average molecular weight is 275 g/mol. The Kier molecular flexibility index (Phi) is 6.49. The quantitative estimate of drug-likeness (QED) is 0.819. The van der Waals surface area contributed by atoms with Crippen LogP contribution in [0, 0.1) is 5.92 Å². The van der Waals surface area contributed by atoms with Gasteiger partial charge in [-0.1, -0.05) is 25.4 Å². The standard InChI is InChI=1S/C13H23ClN2S/c1-10(2)7-15-8-11(3)16(4)9-12-5-6-13(14)17-12/h5-6,10-11,15H,7-9H2,1-4H3. The first kappa shape index (κ1) is 15.0. The summed E-state index contributed by atoms with van der Waals surface area (Å²) in [6.45, 7) is 9.81. The van der Waals surface area contributed by atoms with Gasteiger partial charge in [0, 0.05) is 24.0 Å². The van der Waals surface area contributed by atoms with Crippen molar-refractivity contribution in [2.45, 2.75) is 33.4 Å². The van der Waals surface area contributed by atoms with E-state index in [1.165, 1.54) is 4.88 Å². The Bertz CT molecular complexity index is 325. The van der Waals surface area contributed by atoms with Crippen molar-refractivity contribution in [2.75, 3.05) is 20.1 Å². The predicted octanol–water partition coefficient (Wildman–Crippen LogP) is 3.47. The molecule has 0 saturated heterocycles. The second kappa shape index (κ2) is 7.37. The highest BCUT2D eigenvalue weighted by Crippen LogP contribution is 2.22. The van der Waals surface area contributed by atoms with E-state index in [1.807, 2.05) is 6.07 Å². The molecular formula is C13H23ClN2S. The molecule has 0 bridgehead atoms. The summed E-state index contributed by atoms with van der Waals surface area (Å²) in [7, 11) is 2.16. The third-order valence-electron chi connectivity index (χ3n) is 2.78. The average Bonchev–Trinajstić information content (AvgIpc) is 2.63. The van der Waals surface area contributed by atoms with Crippen LogP contribution in [0.15, 0.2) is 12.1 Å². The molecule has 0 aliphatic carbocycles. The van der Waals surface area contributed by atoms with Crippen LogP contribution in [0.25, 0.3) is 0 Å². The molecule has 0 aromatic carbocycles. The number of nitrogens with zero attached hydrogens (tertiary/aromatic N) is 1. The van der Waals surface area contributed by atoms with Gasteiger partial charge < -0.3 is 5.32 Å². The first-order chi connectivity index (χ1) is 7.99. The van der Waals surface area contributed by atoms with Crippen molar-refractivity contribution >= 4 is 22.9 Å². The number of hydrogen-bond donors (Lipinski definition) is 1. The van der Waals surface area contributed by atoms with Crippen molar-refractivity contribution in [3.63, 3.8) is 0 Å². The summed E-state index contributed by atoms with van der Waals surface area (Å²) in [5.74, 6) is 0.712. The molecule has 0 aliphatic rings. The molecule has 1 aromatic rings. The third-order valence-corrected chi connectivity index (χ3v) is 3.99. The minimum Gasteiger partial charge on any atom is -0.315 e. The van der Waals surface area contributed by atoms with Gasteiger partial charge in [0.05, 0.1) is 4.34 Å². The fourth-order valence-electron chi connectivity index (χ4n) is 1.58. The number of halogens is 1. The highest BCUT2D eigenvalue weighted by atomic mass is 35.5. The zero-order valence-corrected chi connectivity index (χ0v) is 12.7. The molecule has 98 valence electrons. The molecule has 4 heteroatoms. The van der Waals surface area contributed by atoms with Crippen molar-refractivity contribution in [2.24, 2.45) is 5.92 Å². The fraction of sp³-hybridized carbons (Fsp3) is 0.692. The Morgan fingerprint density at radius 3 is 2.53 bits per heavy atom. The lowest BCUT2D eigenvalue weighted by atomic mass is 10.2. The van der Waals surface area contributed by atoms with Crippen molar-refractivity contribution in [1.29, 1.82) is 0 Å². The molecule has 0 spiro atoms. The van der Waals surface area contributed by atoms with Gasteiger partial charge in [-0.2, -0.15) is 0 Å². The molecule has 17 heavy (non-hydrogen) atoms. The maximum Gasteiger partial charge on any atom is 0.0931 e. The second-order valence-corrected chi connectivity index (χ2v) is 6.82. The van der Waals surface area contributed by atoms with Crippen LogP contribution in [0.5, 0.6) is 0 Å². The van der Waals surface area contributed by atoms with E-state index < -0.39 is 0 Å². The minimum absolute atomic E-state index is 0.537. The molecule has 2 nitrogen and oxygen atoms in total. The number of likely N-dealkylation sites (N-methyl/N-ethyl adjacent to an activating group) is 1. The van der Waals surface area contributed by atoms with E-state index in [4.69, 9.17) is 11.6 Å². The first-order valence-electron chi connectivity index (χ1n) is 6.14. The summed E-state index contributed by atoms with van der Waals surface area (Å²) in [4.78, 5) is 3.68. The summed E-state index contributed by atoms with van der Waals surface area (Å²) < 4.78 is 0.874. The van der Waals surface area contributed by atoms with Crippen molar-refractivity contribution in [1.82, 2.24) is 10.2 Å². The van der Waals surface area contributed by atoms with Gasteiger partial charge >= 0.3 is 0 Å². The lowest BCUT2D eigenvalue weighted by Crippen LogP contribution is -2.38. The molecule has 0 radical (unpaired) electrons. The summed E-state index contributed by atoms with van der Waals surface area (Å²) in [5, 5.41) is 3.49. The van der Waals surface area contributed by atoms with Crippen LogP contribution in [-0.4, -0.2) is 31.1 Å². The number of nitrogens with one attached hydrogen (secondary N) is 1. The van der Waals surface area contributed by atoms with Crippen LogP contribution < -0.4 is 5.32 Å². The van der Waals surface area contributed by atoms with E-state index in [0.29, 0.717) is 12.0 Å². The van der Waals surface area contributed by atoms with Gasteiger partial charge in [-0.3, -0.25) is 4.90 Å². The molecule has 0 aliphatic heterocycles. The predicted molar refractivity (Wildman–Crippen MR) is 78.0 cm³/mol. The van der Waals surface area contributed by atoms with Crippen LogP contribution in [0.4, 0.5) is 0 Å². The Hall–Kier alpha value is -0.0900. The number of rotatable bonds is 7. The van der Waals surface area contributed by atoms with E-state index in [0.717, 1.165) is 24.0 Å². The van der Waals surface area contributed by atoms with Crippen LogP contribution >= 0.6 is 22.9 Å². The highest BCUT2D eigenvalue weighted by Gasteiger charge is 2.10.